The van der Waals surface area contributed by atoms with Crippen LogP contribution in [0.5, 0.6) is 5.75 Å². The number of phenolic OH excluding ortho intramolecular Hbond substituents is 1. The van der Waals surface area contributed by atoms with E-state index >= 15 is 0 Å². The van der Waals surface area contributed by atoms with Crippen LogP contribution in [0, 0.1) is 0 Å². The van der Waals surface area contributed by atoms with E-state index < -0.39 is 0 Å². The fourth-order valence-corrected chi connectivity index (χ4v) is 4.48. The van der Waals surface area contributed by atoms with Crippen LogP contribution in [0.25, 0.3) is 0 Å². The number of hydrogen-bond acceptors (Lipinski definition) is 1. The lowest BCUT2D eigenvalue weighted by atomic mass is 9.79. The molecule has 0 aliphatic carbocycles. The van der Waals surface area contributed by atoms with Crippen LogP contribution in [-0.4, -0.2) is 15.8 Å². The summed E-state index contributed by atoms with van der Waals surface area (Å²) >= 11 is 10.8. The predicted molar refractivity (Wildman–Crippen MR) is 95.2 cm³/mol. The van der Waals surface area contributed by atoms with Crippen LogP contribution in [0.3, 0.4) is 0 Å². The minimum atomic E-state index is -0.0332. The minimum absolute atomic E-state index is 0.0332. The molecule has 2 aromatic rings. The lowest BCUT2D eigenvalue weighted by molar-refractivity contribution is 0.472. The molecule has 0 unspecified atom stereocenters. The SMILES string of the molecule is Oc1cccc(CC(CBr)(CBr)c2ccc(Br)cc2)c1. The largest absolute Gasteiger partial charge is 0.508 e. The number of alkyl halides is 2. The third kappa shape index (κ3) is 3.66. The smallest absolute Gasteiger partial charge is 0.115 e. The summed E-state index contributed by atoms with van der Waals surface area (Å²) in [6.07, 6.45) is 0.861. The van der Waals surface area contributed by atoms with E-state index in [0.29, 0.717) is 5.75 Å². The molecule has 20 heavy (non-hydrogen) atoms. The first-order valence-corrected chi connectivity index (χ1v) is 9.29. The molecular formula is C16H15Br3O. The highest BCUT2D eigenvalue weighted by Crippen LogP contribution is 2.34. The first-order chi connectivity index (χ1) is 9.59. The Morgan fingerprint density at radius 2 is 1.60 bits per heavy atom. The Morgan fingerprint density at radius 1 is 0.950 bits per heavy atom. The van der Waals surface area contributed by atoms with Crippen molar-refractivity contribution in [3.63, 3.8) is 0 Å². The average Bonchev–Trinajstić information content (AvgIpc) is 2.46. The van der Waals surface area contributed by atoms with Gasteiger partial charge in [-0.2, -0.15) is 0 Å². The summed E-state index contributed by atoms with van der Waals surface area (Å²) in [6, 6.07) is 15.9. The first kappa shape index (κ1) is 16.1. The van der Waals surface area contributed by atoms with E-state index in [0.717, 1.165) is 27.1 Å². The Balaban J connectivity index is 2.36. The van der Waals surface area contributed by atoms with E-state index in [9.17, 15) is 5.11 Å². The Hall–Kier alpha value is -0.320. The molecule has 4 heteroatoms. The Morgan fingerprint density at radius 3 is 2.15 bits per heavy atom. The van der Waals surface area contributed by atoms with Crippen LogP contribution in [-0.2, 0) is 11.8 Å². The van der Waals surface area contributed by atoms with Gasteiger partial charge in [-0.25, -0.2) is 0 Å². The molecule has 1 nitrogen and oxygen atoms in total. The number of aromatic hydroxyl groups is 1. The molecule has 0 heterocycles. The summed E-state index contributed by atoms with van der Waals surface area (Å²) in [5.41, 5.74) is 2.37. The average molecular weight is 463 g/mol. The molecule has 0 spiro atoms. The van der Waals surface area contributed by atoms with E-state index in [1.165, 1.54) is 5.56 Å². The molecule has 0 radical (unpaired) electrons. The maximum atomic E-state index is 9.63. The van der Waals surface area contributed by atoms with E-state index in [4.69, 9.17) is 0 Å². The molecule has 2 rings (SSSR count). The second-order valence-corrected chi connectivity index (χ2v) is 6.94. The van der Waals surface area contributed by atoms with Gasteiger partial charge in [-0.3, -0.25) is 0 Å². The Kier molecular flexibility index (Phi) is 5.70. The Labute approximate surface area is 144 Å². The summed E-state index contributed by atoms with van der Waals surface area (Å²) in [6.45, 7) is 0. The number of benzene rings is 2. The standard InChI is InChI=1S/C16H15Br3O/c17-10-16(11-18,13-4-6-14(19)7-5-13)9-12-2-1-3-15(20)8-12/h1-8,20H,9-11H2. The van der Waals surface area contributed by atoms with Crippen molar-refractivity contribution in [1.29, 1.82) is 0 Å². The van der Waals surface area contributed by atoms with E-state index in [1.54, 1.807) is 6.07 Å². The van der Waals surface area contributed by atoms with Crippen molar-refractivity contribution in [2.75, 3.05) is 10.7 Å². The van der Waals surface area contributed by atoms with Gasteiger partial charge >= 0.3 is 0 Å². The monoisotopic (exact) mass is 460 g/mol. The zero-order valence-corrected chi connectivity index (χ0v) is 15.6. The highest BCUT2D eigenvalue weighted by molar-refractivity contribution is 9.10. The summed E-state index contributed by atoms with van der Waals surface area (Å²) in [5.74, 6) is 0.316. The second kappa shape index (κ2) is 7.10. The van der Waals surface area contributed by atoms with Gasteiger partial charge in [0, 0.05) is 20.5 Å². The molecule has 0 bridgehead atoms. The van der Waals surface area contributed by atoms with E-state index in [2.05, 4.69) is 78.1 Å². The van der Waals surface area contributed by atoms with Gasteiger partial charge in [0.2, 0.25) is 0 Å². The quantitative estimate of drug-likeness (QED) is 0.588. The summed E-state index contributed by atoms with van der Waals surface area (Å²) < 4.78 is 1.08. The zero-order chi connectivity index (χ0) is 14.6. The number of hydrogen-bond donors (Lipinski definition) is 1. The van der Waals surface area contributed by atoms with E-state index in [-0.39, 0.29) is 5.41 Å². The maximum Gasteiger partial charge on any atom is 0.115 e. The molecule has 0 amide bonds. The minimum Gasteiger partial charge on any atom is -0.508 e. The first-order valence-electron chi connectivity index (χ1n) is 6.25. The second-order valence-electron chi connectivity index (χ2n) is 4.90. The molecule has 0 fully saturated rings. The van der Waals surface area contributed by atoms with Crippen molar-refractivity contribution in [3.05, 3.63) is 64.1 Å². The molecule has 0 atom stereocenters. The highest BCUT2D eigenvalue weighted by atomic mass is 79.9. The molecule has 0 aromatic heterocycles. The number of halogens is 3. The van der Waals surface area contributed by atoms with Crippen molar-refractivity contribution >= 4 is 47.8 Å². The van der Waals surface area contributed by atoms with Crippen LogP contribution in [0.2, 0.25) is 0 Å². The van der Waals surface area contributed by atoms with Crippen molar-refractivity contribution < 1.29 is 5.11 Å². The van der Waals surface area contributed by atoms with Crippen molar-refractivity contribution in [2.24, 2.45) is 0 Å². The van der Waals surface area contributed by atoms with Crippen LogP contribution >= 0.6 is 47.8 Å². The third-order valence-corrected chi connectivity index (χ3v) is 6.10. The third-order valence-electron chi connectivity index (χ3n) is 3.42. The van der Waals surface area contributed by atoms with Gasteiger partial charge in [-0.15, -0.1) is 0 Å². The van der Waals surface area contributed by atoms with Gasteiger partial charge < -0.3 is 5.11 Å². The predicted octanol–water partition coefficient (Wildman–Crippen LogP) is 5.43. The van der Waals surface area contributed by atoms with Crippen LogP contribution in [0.1, 0.15) is 11.1 Å². The number of rotatable bonds is 5. The van der Waals surface area contributed by atoms with Crippen LogP contribution < -0.4 is 0 Å². The van der Waals surface area contributed by atoms with Gasteiger partial charge in [0.15, 0.2) is 0 Å². The van der Waals surface area contributed by atoms with E-state index in [1.807, 2.05) is 12.1 Å². The molecule has 2 aromatic carbocycles. The van der Waals surface area contributed by atoms with Crippen molar-refractivity contribution in [3.8, 4) is 5.75 Å². The summed E-state index contributed by atoms with van der Waals surface area (Å²) in [4.78, 5) is 0. The Bertz CT molecular complexity index is 562. The molecule has 106 valence electrons. The van der Waals surface area contributed by atoms with Crippen molar-refractivity contribution in [2.45, 2.75) is 11.8 Å². The van der Waals surface area contributed by atoms with Gasteiger partial charge in [0.25, 0.3) is 0 Å². The molecular weight excluding hydrogens is 448 g/mol. The molecule has 0 aliphatic rings. The molecule has 1 N–H and O–H groups in total. The molecule has 0 aliphatic heterocycles. The van der Waals surface area contributed by atoms with Crippen molar-refractivity contribution in [1.82, 2.24) is 0 Å². The summed E-state index contributed by atoms with van der Waals surface area (Å²) in [5, 5.41) is 11.3. The topological polar surface area (TPSA) is 20.2 Å². The van der Waals surface area contributed by atoms with Gasteiger partial charge in [-0.1, -0.05) is 72.1 Å². The lowest BCUT2D eigenvalue weighted by Gasteiger charge is -2.31. The summed E-state index contributed by atoms with van der Waals surface area (Å²) in [7, 11) is 0. The maximum absolute atomic E-state index is 9.63. The van der Waals surface area contributed by atoms with Crippen LogP contribution in [0.4, 0.5) is 0 Å². The zero-order valence-electron chi connectivity index (χ0n) is 10.8. The van der Waals surface area contributed by atoms with Crippen LogP contribution in [0.15, 0.2) is 53.0 Å². The van der Waals surface area contributed by atoms with Gasteiger partial charge in [0.1, 0.15) is 5.75 Å². The highest BCUT2D eigenvalue weighted by Gasteiger charge is 2.30. The fraction of sp³-hybridized carbons (Fsp3) is 0.250. The molecule has 0 saturated heterocycles. The number of phenols is 1. The van der Waals surface area contributed by atoms with Gasteiger partial charge in [-0.05, 0) is 41.8 Å². The van der Waals surface area contributed by atoms with Gasteiger partial charge in [0.05, 0.1) is 0 Å². The lowest BCUT2D eigenvalue weighted by Crippen LogP contribution is -2.32. The fourth-order valence-electron chi connectivity index (χ4n) is 2.25. The normalized spacial score (nSPS) is 11.6. The molecule has 0 saturated carbocycles.